The summed E-state index contributed by atoms with van der Waals surface area (Å²) in [6.45, 7) is -0.368. The highest BCUT2D eigenvalue weighted by molar-refractivity contribution is 6.32. The summed E-state index contributed by atoms with van der Waals surface area (Å²) in [4.78, 5) is 19.1. The van der Waals surface area contributed by atoms with E-state index < -0.39 is 24.0 Å². The number of halogens is 5. The first kappa shape index (κ1) is 15.3. The van der Waals surface area contributed by atoms with Gasteiger partial charge in [0.1, 0.15) is 11.0 Å². The molecule has 0 saturated carbocycles. The number of amides is 1. The molecule has 0 bridgehead atoms. The lowest BCUT2D eigenvalue weighted by atomic mass is 9.85. The largest absolute Gasteiger partial charge is 0.404 e. The smallest absolute Gasteiger partial charge is 0.315 e. The van der Waals surface area contributed by atoms with Gasteiger partial charge in [-0.25, -0.2) is 9.97 Å². The molecule has 1 saturated heterocycles. The third kappa shape index (κ3) is 2.82. The number of nitrogens with zero attached hydrogens (tertiary/aromatic N) is 2. The maximum absolute atomic E-state index is 13.1. The standard InChI is InChI=1S/C10H9Cl2F3N4O/c11-5-3-6(19-8(12)17-5)18-7(20)9(10(13,14)15)1-2-16-4-9/h3,16H,1-2,4H2,(H,17,18,19,20). The lowest BCUT2D eigenvalue weighted by Gasteiger charge is -2.29. The lowest BCUT2D eigenvalue weighted by Crippen LogP contribution is -2.49. The fourth-order valence-corrected chi connectivity index (χ4v) is 2.36. The molecule has 0 aliphatic carbocycles. The lowest BCUT2D eigenvalue weighted by molar-refractivity contribution is -0.213. The van der Waals surface area contributed by atoms with E-state index in [0.29, 0.717) is 0 Å². The molecule has 5 nitrogen and oxygen atoms in total. The van der Waals surface area contributed by atoms with Crippen molar-refractivity contribution in [2.24, 2.45) is 5.41 Å². The van der Waals surface area contributed by atoms with E-state index in [1.165, 1.54) is 0 Å². The molecule has 1 fully saturated rings. The van der Waals surface area contributed by atoms with Crippen molar-refractivity contribution >= 4 is 34.9 Å². The molecule has 0 aromatic carbocycles. The van der Waals surface area contributed by atoms with Gasteiger partial charge in [-0.15, -0.1) is 0 Å². The summed E-state index contributed by atoms with van der Waals surface area (Å²) in [7, 11) is 0. The number of alkyl halides is 3. The van der Waals surface area contributed by atoms with Gasteiger partial charge in [-0.3, -0.25) is 4.79 Å². The van der Waals surface area contributed by atoms with E-state index in [1.54, 1.807) is 0 Å². The highest BCUT2D eigenvalue weighted by Gasteiger charge is 2.61. The maximum Gasteiger partial charge on any atom is 0.404 e. The molecule has 20 heavy (non-hydrogen) atoms. The van der Waals surface area contributed by atoms with Gasteiger partial charge in [0.05, 0.1) is 0 Å². The van der Waals surface area contributed by atoms with Crippen LogP contribution in [0.5, 0.6) is 0 Å². The van der Waals surface area contributed by atoms with Gasteiger partial charge in [-0.1, -0.05) is 11.6 Å². The summed E-state index contributed by atoms with van der Waals surface area (Å²) in [5.41, 5.74) is -2.48. The zero-order valence-electron chi connectivity index (χ0n) is 9.89. The highest BCUT2D eigenvalue weighted by atomic mass is 35.5. The third-order valence-electron chi connectivity index (χ3n) is 3.04. The summed E-state index contributed by atoms with van der Waals surface area (Å²) < 4.78 is 39.4. The molecule has 10 heteroatoms. The summed E-state index contributed by atoms with van der Waals surface area (Å²) >= 11 is 11.1. The van der Waals surface area contributed by atoms with Gasteiger partial charge in [-0.2, -0.15) is 13.2 Å². The average Bonchev–Trinajstić information content (AvgIpc) is 2.76. The summed E-state index contributed by atoms with van der Waals surface area (Å²) in [6.07, 6.45) is -5.00. The maximum atomic E-state index is 13.1. The molecular formula is C10H9Cl2F3N4O. The number of carbonyl (C=O) groups excluding carboxylic acids is 1. The SMILES string of the molecule is O=C(Nc1cc(Cl)nc(Cl)n1)C1(C(F)(F)F)CCNC1. The normalized spacial score (nSPS) is 22.9. The number of hydrogen-bond donors (Lipinski definition) is 2. The minimum Gasteiger partial charge on any atom is -0.315 e. The van der Waals surface area contributed by atoms with Crippen molar-refractivity contribution in [3.05, 3.63) is 16.5 Å². The molecule has 1 amide bonds. The third-order valence-corrected chi connectivity index (χ3v) is 3.40. The zero-order valence-corrected chi connectivity index (χ0v) is 11.4. The van der Waals surface area contributed by atoms with E-state index in [0.717, 1.165) is 6.07 Å². The molecule has 2 rings (SSSR count). The van der Waals surface area contributed by atoms with Crippen molar-refractivity contribution in [2.75, 3.05) is 18.4 Å². The Balaban J connectivity index is 2.26. The Hall–Kier alpha value is -1.12. The summed E-state index contributed by atoms with van der Waals surface area (Å²) in [6, 6.07) is 1.12. The van der Waals surface area contributed by atoms with Crippen molar-refractivity contribution in [1.29, 1.82) is 0 Å². The minimum atomic E-state index is -4.67. The number of nitrogens with one attached hydrogen (secondary N) is 2. The first-order valence-corrected chi connectivity index (χ1v) is 6.29. The molecule has 2 heterocycles. The van der Waals surface area contributed by atoms with E-state index in [4.69, 9.17) is 23.2 Å². The first-order chi connectivity index (χ1) is 9.24. The van der Waals surface area contributed by atoms with E-state index >= 15 is 0 Å². The minimum absolute atomic E-state index is 0.0779. The first-order valence-electron chi connectivity index (χ1n) is 5.54. The Morgan fingerprint density at radius 1 is 1.40 bits per heavy atom. The van der Waals surface area contributed by atoms with Crippen LogP contribution in [0.1, 0.15) is 6.42 Å². The van der Waals surface area contributed by atoms with Crippen molar-refractivity contribution in [2.45, 2.75) is 12.6 Å². The van der Waals surface area contributed by atoms with Crippen molar-refractivity contribution < 1.29 is 18.0 Å². The second kappa shape index (κ2) is 5.34. The molecule has 110 valence electrons. The Kier molecular flexibility index (Phi) is 4.08. The molecule has 0 spiro atoms. The van der Waals surface area contributed by atoms with E-state index in [2.05, 4.69) is 20.6 Å². The molecule has 1 aromatic rings. The molecule has 1 unspecified atom stereocenters. The van der Waals surface area contributed by atoms with Gasteiger partial charge in [0, 0.05) is 12.6 Å². The molecule has 1 aliphatic heterocycles. The van der Waals surface area contributed by atoms with Crippen LogP contribution in [-0.4, -0.2) is 35.1 Å². The topological polar surface area (TPSA) is 66.9 Å². The van der Waals surface area contributed by atoms with Crippen LogP contribution in [-0.2, 0) is 4.79 Å². The Bertz CT molecular complexity index is 511. The second-order valence-electron chi connectivity index (χ2n) is 4.31. The predicted molar refractivity (Wildman–Crippen MR) is 66.7 cm³/mol. The van der Waals surface area contributed by atoms with Crippen LogP contribution in [0.15, 0.2) is 6.07 Å². The number of carbonyl (C=O) groups is 1. The van der Waals surface area contributed by atoms with Crippen LogP contribution in [0, 0.1) is 5.41 Å². The van der Waals surface area contributed by atoms with E-state index in [9.17, 15) is 18.0 Å². The fourth-order valence-electron chi connectivity index (χ4n) is 1.95. The van der Waals surface area contributed by atoms with Crippen molar-refractivity contribution in [3.8, 4) is 0 Å². The predicted octanol–water partition coefficient (Wildman–Crippen LogP) is 2.26. The van der Waals surface area contributed by atoms with Crippen LogP contribution in [0.3, 0.4) is 0 Å². The molecule has 1 aliphatic rings. The summed E-state index contributed by atoms with van der Waals surface area (Å²) in [5.74, 6) is -1.36. The van der Waals surface area contributed by atoms with E-state index in [-0.39, 0.29) is 29.2 Å². The second-order valence-corrected chi connectivity index (χ2v) is 5.03. The molecule has 0 radical (unpaired) electrons. The molecule has 2 N–H and O–H groups in total. The van der Waals surface area contributed by atoms with Gasteiger partial charge in [-0.05, 0) is 24.6 Å². The van der Waals surface area contributed by atoms with Gasteiger partial charge in [0.2, 0.25) is 11.2 Å². The van der Waals surface area contributed by atoms with Gasteiger partial charge in [0.25, 0.3) is 0 Å². The van der Waals surface area contributed by atoms with Crippen LogP contribution >= 0.6 is 23.2 Å². The van der Waals surface area contributed by atoms with Crippen LogP contribution < -0.4 is 10.6 Å². The Labute approximate surface area is 121 Å². The van der Waals surface area contributed by atoms with Crippen molar-refractivity contribution in [3.63, 3.8) is 0 Å². The van der Waals surface area contributed by atoms with Crippen LogP contribution in [0.4, 0.5) is 19.0 Å². The van der Waals surface area contributed by atoms with E-state index in [1.807, 2.05) is 0 Å². The number of hydrogen-bond acceptors (Lipinski definition) is 4. The average molecular weight is 329 g/mol. The highest BCUT2D eigenvalue weighted by Crippen LogP contribution is 2.43. The summed E-state index contributed by atoms with van der Waals surface area (Å²) in [5, 5.41) is 4.29. The molecular weight excluding hydrogens is 320 g/mol. The number of aromatic nitrogens is 2. The number of anilines is 1. The van der Waals surface area contributed by atoms with Crippen LogP contribution in [0.2, 0.25) is 10.4 Å². The Morgan fingerprint density at radius 3 is 2.60 bits per heavy atom. The van der Waals surface area contributed by atoms with Gasteiger partial charge >= 0.3 is 6.18 Å². The molecule has 1 aromatic heterocycles. The monoisotopic (exact) mass is 328 g/mol. The Morgan fingerprint density at radius 2 is 2.10 bits per heavy atom. The van der Waals surface area contributed by atoms with Gasteiger partial charge < -0.3 is 10.6 Å². The zero-order chi connectivity index (χ0) is 15.0. The van der Waals surface area contributed by atoms with Crippen LogP contribution in [0.25, 0.3) is 0 Å². The number of rotatable bonds is 2. The van der Waals surface area contributed by atoms with Crippen molar-refractivity contribution in [1.82, 2.24) is 15.3 Å². The quantitative estimate of drug-likeness (QED) is 0.645. The van der Waals surface area contributed by atoms with Gasteiger partial charge in [0.15, 0.2) is 5.41 Å². The fraction of sp³-hybridized carbons (Fsp3) is 0.500. The molecule has 1 atom stereocenters.